The van der Waals surface area contributed by atoms with Gasteiger partial charge in [-0.15, -0.1) is 0 Å². The molecule has 3 heteroatoms. The van der Waals surface area contributed by atoms with Gasteiger partial charge in [0.05, 0.1) is 4.47 Å². The topological polar surface area (TPSA) is 46.2 Å². The summed E-state index contributed by atoms with van der Waals surface area (Å²) in [5.74, 6) is 0.379. The number of hydrogen-bond donors (Lipinski definition) is 2. The van der Waals surface area contributed by atoms with Gasteiger partial charge < -0.3 is 10.8 Å². The summed E-state index contributed by atoms with van der Waals surface area (Å²) in [6, 6.07) is 2.14. The van der Waals surface area contributed by atoms with Crippen molar-refractivity contribution in [1.82, 2.24) is 0 Å². The predicted octanol–water partition coefficient (Wildman–Crippen LogP) is 3.31. The van der Waals surface area contributed by atoms with Crippen LogP contribution in [0.5, 0.6) is 5.75 Å². The summed E-state index contributed by atoms with van der Waals surface area (Å²) >= 11 is 3.53. The van der Waals surface area contributed by atoms with E-state index in [-0.39, 0.29) is 5.54 Å². The van der Waals surface area contributed by atoms with Crippen molar-refractivity contribution in [3.63, 3.8) is 0 Å². The fourth-order valence-electron chi connectivity index (χ4n) is 2.53. The molecule has 0 bridgehead atoms. The molecule has 17 heavy (non-hydrogen) atoms. The summed E-state index contributed by atoms with van der Waals surface area (Å²) in [5.41, 5.74) is 9.37. The first kappa shape index (κ1) is 12.9. The van der Waals surface area contributed by atoms with E-state index in [9.17, 15) is 5.11 Å². The number of nitrogens with two attached hydrogens (primary N) is 1. The standard InChI is InChI=1S/C14H20BrNO/c1-14(2,16)8-10-7-9-5-3-4-6-11(9)12(15)13(10)17/h7,17H,3-6,8,16H2,1-2H3. The second-order valence-electron chi connectivity index (χ2n) is 5.71. The molecule has 0 amide bonds. The molecule has 0 aliphatic heterocycles. The zero-order chi connectivity index (χ0) is 12.6. The van der Waals surface area contributed by atoms with E-state index in [2.05, 4.69) is 22.0 Å². The molecule has 2 nitrogen and oxygen atoms in total. The maximum absolute atomic E-state index is 10.2. The number of fused-ring (bicyclic) bond motifs is 1. The Balaban J connectivity index is 2.44. The smallest absolute Gasteiger partial charge is 0.133 e. The number of aromatic hydroxyl groups is 1. The first-order valence-electron chi connectivity index (χ1n) is 6.19. The van der Waals surface area contributed by atoms with Crippen molar-refractivity contribution in [1.29, 1.82) is 0 Å². The van der Waals surface area contributed by atoms with Crippen LogP contribution in [-0.4, -0.2) is 10.6 Å². The summed E-state index contributed by atoms with van der Waals surface area (Å²) in [6.45, 7) is 3.97. The van der Waals surface area contributed by atoms with Crippen molar-refractivity contribution < 1.29 is 5.11 Å². The zero-order valence-electron chi connectivity index (χ0n) is 10.5. The summed E-state index contributed by atoms with van der Waals surface area (Å²) in [6.07, 6.45) is 5.34. The lowest BCUT2D eigenvalue weighted by atomic mass is 9.87. The zero-order valence-corrected chi connectivity index (χ0v) is 12.1. The summed E-state index contributed by atoms with van der Waals surface area (Å²) < 4.78 is 0.883. The Morgan fingerprint density at radius 2 is 2.00 bits per heavy atom. The van der Waals surface area contributed by atoms with E-state index in [1.165, 1.54) is 24.0 Å². The number of phenolic OH excluding ortho intramolecular Hbond substituents is 1. The number of benzene rings is 1. The van der Waals surface area contributed by atoms with Gasteiger partial charge in [0.25, 0.3) is 0 Å². The fourth-order valence-corrected chi connectivity index (χ4v) is 3.23. The third-order valence-electron chi connectivity index (χ3n) is 3.28. The van der Waals surface area contributed by atoms with Gasteiger partial charge in [-0.1, -0.05) is 6.07 Å². The molecule has 1 aromatic carbocycles. The molecule has 0 spiro atoms. The van der Waals surface area contributed by atoms with E-state index in [4.69, 9.17) is 5.73 Å². The van der Waals surface area contributed by atoms with Crippen molar-refractivity contribution in [3.05, 3.63) is 27.2 Å². The van der Waals surface area contributed by atoms with Gasteiger partial charge in [-0.2, -0.15) is 0 Å². The first-order chi connectivity index (χ1) is 7.88. The molecule has 0 saturated carbocycles. The molecule has 94 valence electrons. The fraction of sp³-hybridized carbons (Fsp3) is 0.571. The average molecular weight is 298 g/mol. The monoisotopic (exact) mass is 297 g/mol. The lowest BCUT2D eigenvalue weighted by molar-refractivity contribution is 0.444. The normalized spacial score (nSPS) is 15.8. The Bertz CT molecular complexity index is 435. The molecule has 0 saturated heterocycles. The molecule has 0 fully saturated rings. The van der Waals surface area contributed by atoms with Crippen LogP contribution >= 0.6 is 15.9 Å². The molecular weight excluding hydrogens is 278 g/mol. The summed E-state index contributed by atoms with van der Waals surface area (Å²) in [4.78, 5) is 0. The lowest BCUT2D eigenvalue weighted by Crippen LogP contribution is -2.34. The van der Waals surface area contributed by atoms with Crippen LogP contribution in [0.4, 0.5) is 0 Å². The lowest BCUT2D eigenvalue weighted by Gasteiger charge is -2.24. The van der Waals surface area contributed by atoms with E-state index in [1.807, 2.05) is 13.8 Å². The molecule has 0 radical (unpaired) electrons. The predicted molar refractivity (Wildman–Crippen MR) is 74.4 cm³/mol. The minimum absolute atomic E-state index is 0.292. The van der Waals surface area contributed by atoms with Gasteiger partial charge in [0.1, 0.15) is 5.75 Å². The first-order valence-corrected chi connectivity index (χ1v) is 6.99. The van der Waals surface area contributed by atoms with E-state index >= 15 is 0 Å². The molecule has 1 aromatic rings. The van der Waals surface area contributed by atoms with E-state index in [1.54, 1.807) is 0 Å². The highest BCUT2D eigenvalue weighted by atomic mass is 79.9. The molecule has 0 unspecified atom stereocenters. The Morgan fingerprint density at radius 1 is 1.35 bits per heavy atom. The second kappa shape index (κ2) is 4.62. The van der Waals surface area contributed by atoms with Crippen molar-refractivity contribution in [2.45, 2.75) is 51.5 Å². The molecule has 0 aromatic heterocycles. The average Bonchev–Trinajstić information content (AvgIpc) is 2.24. The number of aryl methyl sites for hydroxylation is 1. The number of phenols is 1. The van der Waals surface area contributed by atoms with E-state index in [0.717, 1.165) is 22.9 Å². The third-order valence-corrected chi connectivity index (χ3v) is 4.14. The SMILES string of the molecule is CC(C)(N)Cc1cc2c(c(Br)c1O)CCCC2. The molecular formula is C14H20BrNO. The van der Waals surface area contributed by atoms with Gasteiger partial charge in [-0.3, -0.25) is 0 Å². The van der Waals surface area contributed by atoms with Crippen LogP contribution in [0.25, 0.3) is 0 Å². The minimum atomic E-state index is -0.292. The van der Waals surface area contributed by atoms with Crippen LogP contribution in [0.2, 0.25) is 0 Å². The highest BCUT2D eigenvalue weighted by Gasteiger charge is 2.21. The van der Waals surface area contributed by atoms with Crippen LogP contribution in [0.1, 0.15) is 43.4 Å². The Morgan fingerprint density at radius 3 is 2.65 bits per heavy atom. The number of hydrogen-bond acceptors (Lipinski definition) is 2. The van der Waals surface area contributed by atoms with Crippen molar-refractivity contribution >= 4 is 15.9 Å². The maximum atomic E-state index is 10.2. The molecule has 1 aliphatic carbocycles. The van der Waals surface area contributed by atoms with Gasteiger partial charge in [-0.25, -0.2) is 0 Å². The Hall–Kier alpha value is -0.540. The molecule has 3 N–H and O–H groups in total. The Kier molecular flexibility index (Phi) is 3.50. The Labute approximate surface area is 111 Å². The van der Waals surface area contributed by atoms with Crippen molar-refractivity contribution in [2.24, 2.45) is 5.73 Å². The molecule has 0 heterocycles. The molecule has 0 atom stereocenters. The maximum Gasteiger partial charge on any atom is 0.133 e. The summed E-state index contributed by atoms with van der Waals surface area (Å²) in [5, 5.41) is 10.2. The van der Waals surface area contributed by atoms with Gasteiger partial charge >= 0.3 is 0 Å². The van der Waals surface area contributed by atoms with Crippen LogP contribution in [0, 0.1) is 0 Å². The molecule has 2 rings (SSSR count). The summed E-state index contributed by atoms with van der Waals surface area (Å²) in [7, 11) is 0. The quantitative estimate of drug-likeness (QED) is 0.880. The van der Waals surface area contributed by atoms with E-state index < -0.39 is 0 Å². The van der Waals surface area contributed by atoms with Crippen molar-refractivity contribution in [3.8, 4) is 5.75 Å². The van der Waals surface area contributed by atoms with Gasteiger partial charge in [-0.05, 0) is 78.6 Å². The van der Waals surface area contributed by atoms with E-state index in [0.29, 0.717) is 12.2 Å². The molecule has 1 aliphatic rings. The largest absolute Gasteiger partial charge is 0.506 e. The highest BCUT2D eigenvalue weighted by Crippen LogP contribution is 2.38. The third kappa shape index (κ3) is 2.83. The number of rotatable bonds is 2. The van der Waals surface area contributed by atoms with Crippen molar-refractivity contribution in [2.75, 3.05) is 0 Å². The second-order valence-corrected chi connectivity index (χ2v) is 6.50. The highest BCUT2D eigenvalue weighted by molar-refractivity contribution is 9.10. The van der Waals surface area contributed by atoms with Crippen LogP contribution in [0.15, 0.2) is 10.5 Å². The number of halogens is 1. The van der Waals surface area contributed by atoms with Gasteiger partial charge in [0.2, 0.25) is 0 Å². The van der Waals surface area contributed by atoms with Crippen LogP contribution in [0.3, 0.4) is 0 Å². The minimum Gasteiger partial charge on any atom is -0.506 e. The van der Waals surface area contributed by atoms with Crippen LogP contribution in [-0.2, 0) is 19.3 Å². The van der Waals surface area contributed by atoms with Gasteiger partial charge in [0.15, 0.2) is 0 Å². The van der Waals surface area contributed by atoms with Gasteiger partial charge in [0, 0.05) is 5.54 Å². The van der Waals surface area contributed by atoms with Crippen LogP contribution < -0.4 is 5.73 Å².